The van der Waals surface area contributed by atoms with Gasteiger partial charge in [0.15, 0.2) is 6.10 Å². The summed E-state index contributed by atoms with van der Waals surface area (Å²) < 4.78 is 5.62. The molecule has 0 saturated heterocycles. The Bertz CT molecular complexity index is 416. The smallest absolute Gasteiger partial charge is 0.261 e. The van der Waals surface area contributed by atoms with Gasteiger partial charge < -0.3 is 15.2 Å². The minimum absolute atomic E-state index is 0.0665. The topological polar surface area (TPSA) is 58.6 Å². The molecule has 0 bridgehead atoms. The van der Waals surface area contributed by atoms with E-state index in [4.69, 9.17) is 4.74 Å². The van der Waals surface area contributed by atoms with Gasteiger partial charge in [0.05, 0.1) is 12.1 Å². The van der Waals surface area contributed by atoms with Crippen molar-refractivity contribution in [2.75, 3.05) is 6.61 Å². The maximum Gasteiger partial charge on any atom is 0.261 e. The van der Waals surface area contributed by atoms with Gasteiger partial charge in [-0.25, -0.2) is 0 Å². The second-order valence-electron chi connectivity index (χ2n) is 5.21. The van der Waals surface area contributed by atoms with E-state index in [9.17, 15) is 9.90 Å². The second-order valence-corrected chi connectivity index (χ2v) is 5.21. The van der Waals surface area contributed by atoms with Crippen molar-refractivity contribution >= 4 is 5.91 Å². The molecule has 2 N–H and O–H groups in total. The highest BCUT2D eigenvalue weighted by molar-refractivity contribution is 5.81. The molecule has 20 heavy (non-hydrogen) atoms. The van der Waals surface area contributed by atoms with Crippen LogP contribution in [0.2, 0.25) is 0 Å². The molecule has 1 rings (SSSR count). The zero-order valence-corrected chi connectivity index (χ0v) is 12.8. The highest BCUT2D eigenvalue weighted by Crippen LogP contribution is 2.16. The maximum atomic E-state index is 12.2. The van der Waals surface area contributed by atoms with Crippen LogP contribution < -0.4 is 10.1 Å². The molecule has 0 heterocycles. The molecule has 112 valence electrons. The Morgan fingerprint density at radius 2 is 1.85 bits per heavy atom. The molecule has 1 atom stereocenters. The predicted octanol–water partition coefficient (Wildman–Crippen LogP) is 2.43. The largest absolute Gasteiger partial charge is 0.481 e. The Kier molecular flexibility index (Phi) is 6.02. The fourth-order valence-electron chi connectivity index (χ4n) is 1.93. The van der Waals surface area contributed by atoms with Crippen LogP contribution in [-0.4, -0.2) is 29.3 Å². The van der Waals surface area contributed by atoms with Crippen molar-refractivity contribution in [3.05, 3.63) is 29.8 Å². The first kappa shape index (κ1) is 16.5. The van der Waals surface area contributed by atoms with Crippen molar-refractivity contribution in [1.29, 1.82) is 0 Å². The molecule has 0 aliphatic rings. The summed E-state index contributed by atoms with van der Waals surface area (Å²) in [7, 11) is 0. The molecule has 0 aliphatic carbocycles. The molecule has 0 saturated carbocycles. The van der Waals surface area contributed by atoms with Gasteiger partial charge in [0.2, 0.25) is 0 Å². The first-order valence-corrected chi connectivity index (χ1v) is 7.12. The van der Waals surface area contributed by atoms with E-state index in [0.717, 1.165) is 5.56 Å². The second kappa shape index (κ2) is 7.29. The summed E-state index contributed by atoms with van der Waals surface area (Å²) in [4.78, 5) is 12.2. The molecule has 0 fully saturated rings. The lowest BCUT2D eigenvalue weighted by atomic mass is 9.93. The van der Waals surface area contributed by atoms with Gasteiger partial charge in [-0.05, 0) is 38.8 Å². The SMILES string of the molecule is CCC(CC)(CO)NC(=O)C(C)Oc1ccc(C)cc1. The van der Waals surface area contributed by atoms with Gasteiger partial charge in [-0.1, -0.05) is 31.5 Å². The molecule has 1 aromatic carbocycles. The van der Waals surface area contributed by atoms with Crippen LogP contribution in [0.4, 0.5) is 0 Å². The van der Waals surface area contributed by atoms with Crippen LogP contribution in [0, 0.1) is 6.92 Å². The third-order valence-electron chi connectivity index (χ3n) is 3.75. The Hall–Kier alpha value is -1.55. The number of carbonyl (C=O) groups excluding carboxylic acids is 1. The Morgan fingerprint density at radius 3 is 2.30 bits per heavy atom. The lowest BCUT2D eigenvalue weighted by Crippen LogP contribution is -2.53. The van der Waals surface area contributed by atoms with Gasteiger partial charge in [-0.3, -0.25) is 4.79 Å². The molecular formula is C16H25NO3. The molecule has 0 aliphatic heterocycles. The van der Waals surface area contributed by atoms with Crippen LogP contribution in [0.5, 0.6) is 5.75 Å². The summed E-state index contributed by atoms with van der Waals surface area (Å²) >= 11 is 0. The average molecular weight is 279 g/mol. The van der Waals surface area contributed by atoms with Gasteiger partial charge in [-0.2, -0.15) is 0 Å². The van der Waals surface area contributed by atoms with E-state index in [1.54, 1.807) is 6.92 Å². The average Bonchev–Trinajstić information content (AvgIpc) is 2.47. The standard InChI is InChI=1S/C16H25NO3/c1-5-16(6-2,11-18)17-15(19)13(4)20-14-9-7-12(3)8-10-14/h7-10,13,18H,5-6,11H2,1-4H3,(H,17,19). The first-order valence-electron chi connectivity index (χ1n) is 7.12. The Labute approximate surface area is 121 Å². The lowest BCUT2D eigenvalue weighted by Gasteiger charge is -2.32. The van der Waals surface area contributed by atoms with Crippen LogP contribution in [0.15, 0.2) is 24.3 Å². The normalized spacial score (nSPS) is 12.8. The van der Waals surface area contributed by atoms with E-state index >= 15 is 0 Å². The maximum absolute atomic E-state index is 12.2. The molecule has 1 unspecified atom stereocenters. The minimum atomic E-state index is -0.596. The van der Waals surface area contributed by atoms with Crippen molar-refractivity contribution in [1.82, 2.24) is 5.32 Å². The molecule has 4 nitrogen and oxygen atoms in total. The van der Waals surface area contributed by atoms with E-state index in [2.05, 4.69) is 5.32 Å². The number of rotatable bonds is 7. The molecule has 1 amide bonds. The summed E-state index contributed by atoms with van der Waals surface area (Å²) in [6, 6.07) is 7.57. The number of aliphatic hydroxyl groups is 1. The lowest BCUT2D eigenvalue weighted by molar-refractivity contribution is -0.130. The summed E-state index contributed by atoms with van der Waals surface area (Å²) in [5, 5.41) is 12.4. The van der Waals surface area contributed by atoms with Crippen molar-refractivity contribution in [3.63, 3.8) is 0 Å². The number of ether oxygens (including phenoxy) is 1. The monoisotopic (exact) mass is 279 g/mol. The first-order chi connectivity index (χ1) is 9.46. The van der Waals surface area contributed by atoms with Gasteiger partial charge in [0.1, 0.15) is 5.75 Å². The fraction of sp³-hybridized carbons (Fsp3) is 0.562. The zero-order chi connectivity index (χ0) is 15.2. The summed E-state index contributed by atoms with van der Waals surface area (Å²) in [6.45, 7) is 7.54. The number of aliphatic hydroxyl groups excluding tert-OH is 1. The fourth-order valence-corrected chi connectivity index (χ4v) is 1.93. The van der Waals surface area contributed by atoms with Crippen LogP contribution in [-0.2, 0) is 4.79 Å². The van der Waals surface area contributed by atoms with Crippen molar-refractivity contribution in [3.8, 4) is 5.75 Å². The summed E-state index contributed by atoms with van der Waals surface area (Å²) in [5.74, 6) is 0.462. The van der Waals surface area contributed by atoms with Gasteiger partial charge in [0.25, 0.3) is 5.91 Å². The summed E-state index contributed by atoms with van der Waals surface area (Å²) in [6.07, 6.45) is 0.771. The van der Waals surface area contributed by atoms with E-state index in [0.29, 0.717) is 18.6 Å². The van der Waals surface area contributed by atoms with Crippen LogP contribution >= 0.6 is 0 Å². The third-order valence-corrected chi connectivity index (χ3v) is 3.75. The van der Waals surface area contributed by atoms with Gasteiger partial charge >= 0.3 is 0 Å². The van der Waals surface area contributed by atoms with Crippen LogP contribution in [0.1, 0.15) is 39.2 Å². The minimum Gasteiger partial charge on any atom is -0.481 e. The van der Waals surface area contributed by atoms with Crippen molar-refractivity contribution in [2.45, 2.75) is 52.2 Å². The molecule has 1 aromatic rings. The molecule has 0 radical (unpaired) electrons. The Balaban J connectivity index is 2.65. The van der Waals surface area contributed by atoms with E-state index in [1.807, 2.05) is 45.0 Å². The van der Waals surface area contributed by atoms with Gasteiger partial charge in [0, 0.05) is 0 Å². The quantitative estimate of drug-likeness (QED) is 0.806. The number of carbonyl (C=O) groups is 1. The number of nitrogens with one attached hydrogen (secondary N) is 1. The van der Waals surface area contributed by atoms with Gasteiger partial charge in [-0.15, -0.1) is 0 Å². The molecule has 4 heteroatoms. The molecule has 0 aromatic heterocycles. The highest BCUT2D eigenvalue weighted by Gasteiger charge is 2.29. The number of amides is 1. The van der Waals surface area contributed by atoms with Crippen molar-refractivity contribution in [2.24, 2.45) is 0 Å². The number of hydrogen-bond acceptors (Lipinski definition) is 3. The predicted molar refractivity (Wildman–Crippen MR) is 79.8 cm³/mol. The van der Waals surface area contributed by atoms with E-state index in [1.165, 1.54) is 0 Å². The van der Waals surface area contributed by atoms with Crippen LogP contribution in [0.3, 0.4) is 0 Å². The number of hydrogen-bond donors (Lipinski definition) is 2. The van der Waals surface area contributed by atoms with E-state index < -0.39 is 11.6 Å². The van der Waals surface area contributed by atoms with E-state index in [-0.39, 0.29) is 12.5 Å². The number of aryl methyl sites for hydroxylation is 1. The molecule has 0 spiro atoms. The number of benzene rings is 1. The zero-order valence-electron chi connectivity index (χ0n) is 12.8. The van der Waals surface area contributed by atoms with Crippen molar-refractivity contribution < 1.29 is 14.6 Å². The third kappa shape index (κ3) is 4.23. The highest BCUT2D eigenvalue weighted by atomic mass is 16.5. The summed E-state index contributed by atoms with van der Waals surface area (Å²) in [5.41, 5.74) is 0.591. The van der Waals surface area contributed by atoms with Crippen LogP contribution in [0.25, 0.3) is 0 Å². The Morgan fingerprint density at radius 1 is 1.30 bits per heavy atom. The molecular weight excluding hydrogens is 254 g/mol.